The van der Waals surface area contributed by atoms with E-state index in [4.69, 9.17) is 5.73 Å². The minimum absolute atomic E-state index is 0.00308. The van der Waals surface area contributed by atoms with Gasteiger partial charge in [-0.3, -0.25) is 4.79 Å². The topological polar surface area (TPSA) is 83.3 Å². The summed E-state index contributed by atoms with van der Waals surface area (Å²) in [7, 11) is 4.04. The van der Waals surface area contributed by atoms with Crippen LogP contribution in [0.4, 0.5) is 10.9 Å². The molecule has 1 aromatic heterocycles. The average molecular weight is 299 g/mol. The SMILES string of the molecule is CCNc1nc(N)c(C(=O)NCC(C)(C)CN(C)C)s1. The van der Waals surface area contributed by atoms with Gasteiger partial charge in [0.2, 0.25) is 0 Å². The molecule has 0 aliphatic heterocycles. The Balaban J connectivity index is 2.63. The summed E-state index contributed by atoms with van der Waals surface area (Å²) in [6.07, 6.45) is 0. The van der Waals surface area contributed by atoms with Gasteiger partial charge in [0.15, 0.2) is 5.13 Å². The van der Waals surface area contributed by atoms with E-state index in [2.05, 4.69) is 34.4 Å². The molecule has 4 N–H and O–H groups in total. The number of nitrogens with two attached hydrogens (primary N) is 1. The summed E-state index contributed by atoms with van der Waals surface area (Å²) >= 11 is 1.29. The van der Waals surface area contributed by atoms with Crippen molar-refractivity contribution in [2.24, 2.45) is 5.41 Å². The van der Waals surface area contributed by atoms with Crippen LogP contribution in [0, 0.1) is 5.41 Å². The number of nitrogens with zero attached hydrogens (tertiary/aromatic N) is 2. The van der Waals surface area contributed by atoms with Crippen LogP contribution in [0.5, 0.6) is 0 Å². The Morgan fingerprint density at radius 1 is 1.45 bits per heavy atom. The third-order valence-corrected chi connectivity index (χ3v) is 3.69. The summed E-state index contributed by atoms with van der Waals surface area (Å²) in [5.41, 5.74) is 5.79. The Bertz CT molecular complexity index is 456. The highest BCUT2D eigenvalue weighted by atomic mass is 32.1. The van der Waals surface area contributed by atoms with Gasteiger partial charge >= 0.3 is 0 Å². The van der Waals surface area contributed by atoms with Gasteiger partial charge in [-0.1, -0.05) is 25.2 Å². The van der Waals surface area contributed by atoms with E-state index in [1.165, 1.54) is 11.3 Å². The smallest absolute Gasteiger partial charge is 0.265 e. The number of hydrogen-bond acceptors (Lipinski definition) is 6. The van der Waals surface area contributed by atoms with Gasteiger partial charge in [-0.2, -0.15) is 0 Å². The molecule has 1 amide bonds. The van der Waals surface area contributed by atoms with Crippen molar-refractivity contribution in [1.82, 2.24) is 15.2 Å². The summed E-state index contributed by atoms with van der Waals surface area (Å²) in [6.45, 7) is 8.46. The van der Waals surface area contributed by atoms with Crippen molar-refractivity contribution < 1.29 is 4.79 Å². The Labute approximate surface area is 124 Å². The molecule has 0 aromatic carbocycles. The molecule has 114 valence electrons. The Morgan fingerprint density at radius 2 is 2.10 bits per heavy atom. The van der Waals surface area contributed by atoms with Crippen LogP contribution in [-0.4, -0.2) is 49.5 Å². The molecule has 0 spiro atoms. The van der Waals surface area contributed by atoms with Crippen molar-refractivity contribution in [1.29, 1.82) is 0 Å². The molecular weight excluding hydrogens is 274 g/mol. The number of carbonyl (C=O) groups excluding carboxylic acids is 1. The lowest BCUT2D eigenvalue weighted by molar-refractivity contribution is 0.0934. The maximum Gasteiger partial charge on any atom is 0.265 e. The van der Waals surface area contributed by atoms with E-state index in [0.29, 0.717) is 16.6 Å². The van der Waals surface area contributed by atoms with Crippen LogP contribution in [0.3, 0.4) is 0 Å². The van der Waals surface area contributed by atoms with Gasteiger partial charge in [-0.15, -0.1) is 0 Å². The zero-order valence-electron chi connectivity index (χ0n) is 12.9. The number of nitrogens with one attached hydrogen (secondary N) is 2. The zero-order chi connectivity index (χ0) is 15.3. The van der Waals surface area contributed by atoms with E-state index < -0.39 is 0 Å². The predicted molar refractivity (Wildman–Crippen MR) is 85.4 cm³/mol. The largest absolute Gasteiger partial charge is 0.382 e. The van der Waals surface area contributed by atoms with Crippen molar-refractivity contribution in [3.8, 4) is 0 Å². The average Bonchev–Trinajstić information content (AvgIpc) is 2.66. The van der Waals surface area contributed by atoms with Crippen LogP contribution in [-0.2, 0) is 0 Å². The fourth-order valence-electron chi connectivity index (χ4n) is 2.03. The first-order valence-corrected chi connectivity index (χ1v) is 7.50. The van der Waals surface area contributed by atoms with E-state index in [1.807, 2.05) is 21.0 Å². The van der Waals surface area contributed by atoms with Crippen LogP contribution in [0.25, 0.3) is 0 Å². The van der Waals surface area contributed by atoms with Crippen molar-refractivity contribution in [3.63, 3.8) is 0 Å². The standard InChI is InChI=1S/C13H25N5OS/c1-6-15-12-17-10(14)9(20-12)11(19)16-7-13(2,3)8-18(4)5/h6-8,14H2,1-5H3,(H,15,17)(H,16,19). The lowest BCUT2D eigenvalue weighted by Gasteiger charge is -2.28. The van der Waals surface area contributed by atoms with E-state index >= 15 is 0 Å². The summed E-state index contributed by atoms with van der Waals surface area (Å²) in [4.78, 5) is 18.9. The number of thiazole rings is 1. The Kier molecular flexibility index (Phi) is 5.76. The second-order valence-electron chi connectivity index (χ2n) is 5.85. The highest BCUT2D eigenvalue weighted by Gasteiger charge is 2.22. The lowest BCUT2D eigenvalue weighted by atomic mass is 9.93. The molecule has 7 heteroatoms. The number of nitrogen functional groups attached to an aromatic ring is 1. The molecule has 0 unspecified atom stereocenters. The molecule has 20 heavy (non-hydrogen) atoms. The van der Waals surface area contributed by atoms with Crippen LogP contribution in [0.1, 0.15) is 30.4 Å². The first-order chi connectivity index (χ1) is 9.25. The number of amides is 1. The number of anilines is 2. The third kappa shape index (κ3) is 4.97. The monoisotopic (exact) mass is 299 g/mol. The lowest BCUT2D eigenvalue weighted by Crippen LogP contribution is -2.39. The zero-order valence-corrected chi connectivity index (χ0v) is 13.7. The molecule has 0 bridgehead atoms. The van der Waals surface area contributed by atoms with Crippen LogP contribution in [0.15, 0.2) is 0 Å². The number of hydrogen-bond donors (Lipinski definition) is 3. The van der Waals surface area contributed by atoms with Gasteiger partial charge < -0.3 is 21.3 Å². The third-order valence-electron chi connectivity index (χ3n) is 2.66. The highest BCUT2D eigenvalue weighted by molar-refractivity contribution is 7.18. The maximum absolute atomic E-state index is 12.2. The first-order valence-electron chi connectivity index (χ1n) is 6.68. The Morgan fingerprint density at radius 3 is 2.65 bits per heavy atom. The molecule has 0 atom stereocenters. The second-order valence-corrected chi connectivity index (χ2v) is 6.85. The van der Waals surface area contributed by atoms with E-state index in [1.54, 1.807) is 0 Å². The molecule has 0 saturated carbocycles. The molecule has 0 aliphatic rings. The van der Waals surface area contributed by atoms with E-state index in [-0.39, 0.29) is 17.1 Å². The molecular formula is C13H25N5OS. The molecule has 1 rings (SSSR count). The normalized spacial score (nSPS) is 11.7. The number of rotatable bonds is 7. The summed E-state index contributed by atoms with van der Waals surface area (Å²) < 4.78 is 0. The van der Waals surface area contributed by atoms with Crippen molar-refractivity contribution in [2.45, 2.75) is 20.8 Å². The van der Waals surface area contributed by atoms with Gasteiger partial charge in [-0.05, 0) is 26.4 Å². The molecule has 0 aliphatic carbocycles. The number of aromatic nitrogens is 1. The highest BCUT2D eigenvalue weighted by Crippen LogP contribution is 2.25. The molecule has 0 saturated heterocycles. The molecule has 0 fully saturated rings. The van der Waals surface area contributed by atoms with Crippen molar-refractivity contribution in [2.75, 3.05) is 44.8 Å². The Hall–Kier alpha value is -1.34. The van der Waals surface area contributed by atoms with Gasteiger partial charge in [0.25, 0.3) is 5.91 Å². The molecule has 0 radical (unpaired) electrons. The summed E-state index contributed by atoms with van der Waals surface area (Å²) in [6, 6.07) is 0. The van der Waals surface area contributed by atoms with E-state index in [0.717, 1.165) is 13.1 Å². The van der Waals surface area contributed by atoms with E-state index in [9.17, 15) is 4.79 Å². The van der Waals surface area contributed by atoms with Gasteiger partial charge in [0, 0.05) is 19.6 Å². The van der Waals surface area contributed by atoms with Gasteiger partial charge in [0.05, 0.1) is 0 Å². The van der Waals surface area contributed by atoms with Crippen molar-refractivity contribution in [3.05, 3.63) is 4.88 Å². The molecule has 6 nitrogen and oxygen atoms in total. The predicted octanol–water partition coefficient (Wildman–Crippen LogP) is 1.47. The molecule has 1 heterocycles. The summed E-state index contributed by atoms with van der Waals surface area (Å²) in [5.74, 6) is 0.129. The second kappa shape index (κ2) is 6.90. The number of carbonyl (C=O) groups is 1. The maximum atomic E-state index is 12.2. The van der Waals surface area contributed by atoms with Crippen LogP contribution in [0.2, 0.25) is 0 Å². The fraction of sp³-hybridized carbons (Fsp3) is 0.692. The van der Waals surface area contributed by atoms with Gasteiger partial charge in [-0.25, -0.2) is 4.98 Å². The van der Waals surface area contributed by atoms with Crippen molar-refractivity contribution >= 4 is 28.2 Å². The minimum Gasteiger partial charge on any atom is -0.382 e. The minimum atomic E-state index is -0.156. The summed E-state index contributed by atoms with van der Waals surface area (Å²) in [5, 5.41) is 6.68. The fourth-order valence-corrected chi connectivity index (χ4v) is 2.90. The van der Waals surface area contributed by atoms with Crippen LogP contribution >= 0.6 is 11.3 Å². The van der Waals surface area contributed by atoms with Gasteiger partial charge in [0.1, 0.15) is 10.7 Å². The first kappa shape index (κ1) is 16.7. The van der Waals surface area contributed by atoms with Crippen LogP contribution < -0.4 is 16.4 Å². The molecule has 1 aromatic rings. The quantitative estimate of drug-likeness (QED) is 0.710.